The molecule has 1 amide bonds. The summed E-state index contributed by atoms with van der Waals surface area (Å²) in [6.45, 7) is 3.59. The van der Waals surface area contributed by atoms with Gasteiger partial charge in [0.1, 0.15) is 6.20 Å². The second kappa shape index (κ2) is 4.72. The van der Waals surface area contributed by atoms with Crippen LogP contribution >= 0.6 is 0 Å². The highest BCUT2D eigenvalue weighted by Gasteiger charge is 2.35. The van der Waals surface area contributed by atoms with Gasteiger partial charge in [0, 0.05) is 18.8 Å². The van der Waals surface area contributed by atoms with Crippen LogP contribution in [0.3, 0.4) is 0 Å². The molecule has 2 fully saturated rings. The molecule has 2 unspecified atom stereocenters. The molecule has 0 aromatic carbocycles. The molecule has 2 atom stereocenters. The third-order valence-electron chi connectivity index (χ3n) is 4.26. The van der Waals surface area contributed by atoms with Crippen molar-refractivity contribution in [2.24, 2.45) is 11.7 Å². The molecule has 2 N–H and O–H groups in total. The van der Waals surface area contributed by atoms with E-state index in [0.29, 0.717) is 17.8 Å². The van der Waals surface area contributed by atoms with Crippen molar-refractivity contribution in [2.75, 3.05) is 19.6 Å². The van der Waals surface area contributed by atoms with E-state index in [9.17, 15) is 4.79 Å². The van der Waals surface area contributed by atoms with E-state index >= 15 is 0 Å². The minimum absolute atomic E-state index is 0.353. The molecule has 2 heterocycles. The van der Waals surface area contributed by atoms with Crippen LogP contribution in [-0.2, 0) is 0 Å². The smallest absolute Gasteiger partial charge is 0.284 e. The van der Waals surface area contributed by atoms with Crippen molar-refractivity contribution in [1.82, 2.24) is 14.5 Å². The summed E-state index contributed by atoms with van der Waals surface area (Å²) < 4.78 is 1.92. The van der Waals surface area contributed by atoms with Crippen molar-refractivity contribution >= 4 is 5.91 Å². The molecular weight excluding hydrogens is 228 g/mol. The molecule has 1 aliphatic carbocycles. The highest BCUT2D eigenvalue weighted by molar-refractivity contribution is 5.89. The van der Waals surface area contributed by atoms with Gasteiger partial charge >= 0.3 is 0 Å². The van der Waals surface area contributed by atoms with Gasteiger partial charge in [-0.15, -0.1) is 0 Å². The van der Waals surface area contributed by atoms with Gasteiger partial charge in [-0.1, -0.05) is 0 Å². The number of carbonyl (C=O) groups is 1. The molecule has 1 saturated heterocycles. The van der Waals surface area contributed by atoms with Gasteiger partial charge in [-0.3, -0.25) is 4.79 Å². The normalized spacial score (nSPS) is 28.2. The average Bonchev–Trinajstić information content (AvgIpc) is 2.94. The van der Waals surface area contributed by atoms with E-state index < -0.39 is 5.91 Å². The lowest BCUT2D eigenvalue weighted by atomic mass is 9.79. The quantitative estimate of drug-likeness (QED) is 0.857. The summed E-state index contributed by atoms with van der Waals surface area (Å²) in [6, 6.07) is 0.381. The Balaban J connectivity index is 1.68. The lowest BCUT2D eigenvalue weighted by Crippen LogP contribution is -2.39. The maximum atomic E-state index is 11.3. The first-order chi connectivity index (χ1) is 8.75. The molecule has 5 nitrogen and oxygen atoms in total. The van der Waals surface area contributed by atoms with Crippen LogP contribution in [-0.4, -0.2) is 40.0 Å². The largest absolute Gasteiger partial charge is 0.363 e. The monoisotopic (exact) mass is 247 g/mol. The molecule has 5 heteroatoms. The number of hydrogen-bond donors (Lipinski definition) is 1. The standard InChI is InChI=1S/C13H19N4O/c14-12(18)13-15-5-8-17(13)11-4-3-10(11)9-16-6-1-2-7-16/h8,10-11H,1-4,6-7,9H2,(H2,14,18). The van der Waals surface area contributed by atoms with Crippen molar-refractivity contribution in [3.8, 4) is 0 Å². The Morgan fingerprint density at radius 3 is 2.83 bits per heavy atom. The summed E-state index contributed by atoms with van der Waals surface area (Å²) in [5.41, 5.74) is 5.33. The first kappa shape index (κ1) is 11.7. The second-order valence-electron chi connectivity index (χ2n) is 5.38. The number of nitrogens with two attached hydrogens (primary N) is 1. The zero-order valence-corrected chi connectivity index (χ0v) is 10.5. The Hall–Kier alpha value is -1.36. The van der Waals surface area contributed by atoms with E-state index in [1.165, 1.54) is 32.4 Å². The molecule has 1 saturated carbocycles. The summed E-state index contributed by atoms with van der Waals surface area (Å²) in [7, 11) is 0. The van der Waals surface area contributed by atoms with Gasteiger partial charge in [-0.25, -0.2) is 4.98 Å². The first-order valence-electron chi connectivity index (χ1n) is 6.73. The predicted molar refractivity (Wildman–Crippen MR) is 67.0 cm³/mol. The fourth-order valence-corrected chi connectivity index (χ4v) is 3.13. The Labute approximate surface area is 107 Å². The Morgan fingerprint density at radius 2 is 2.22 bits per heavy atom. The number of rotatable bonds is 4. The van der Waals surface area contributed by atoms with Crippen LogP contribution in [0.5, 0.6) is 0 Å². The van der Waals surface area contributed by atoms with Crippen LogP contribution < -0.4 is 5.73 Å². The predicted octanol–water partition coefficient (Wildman–Crippen LogP) is 0.829. The summed E-state index contributed by atoms with van der Waals surface area (Å²) in [5.74, 6) is 0.526. The van der Waals surface area contributed by atoms with E-state index in [1.54, 1.807) is 6.20 Å². The van der Waals surface area contributed by atoms with E-state index in [1.807, 2.05) is 4.57 Å². The van der Waals surface area contributed by atoms with Gasteiger partial charge in [0.05, 0.1) is 0 Å². The Morgan fingerprint density at radius 1 is 1.44 bits per heavy atom. The minimum Gasteiger partial charge on any atom is -0.363 e. The van der Waals surface area contributed by atoms with Crippen LogP contribution in [0.15, 0.2) is 6.20 Å². The lowest BCUT2D eigenvalue weighted by Gasteiger charge is -2.40. The zero-order valence-electron chi connectivity index (χ0n) is 10.5. The topological polar surface area (TPSA) is 64.2 Å². The molecule has 1 aromatic heterocycles. The molecule has 2 aliphatic rings. The molecule has 97 valence electrons. The molecule has 1 aromatic rings. The summed E-state index contributed by atoms with van der Waals surface area (Å²) in [5, 5.41) is 0. The highest BCUT2D eigenvalue weighted by Crippen LogP contribution is 2.39. The van der Waals surface area contributed by atoms with E-state index in [-0.39, 0.29) is 0 Å². The molecule has 1 aliphatic heterocycles. The van der Waals surface area contributed by atoms with Gasteiger partial charge in [0.25, 0.3) is 5.91 Å². The van der Waals surface area contributed by atoms with Gasteiger partial charge in [-0.2, -0.15) is 0 Å². The molecule has 18 heavy (non-hydrogen) atoms. The number of hydrogen-bond acceptors (Lipinski definition) is 3. The van der Waals surface area contributed by atoms with Crippen LogP contribution in [0.2, 0.25) is 0 Å². The summed E-state index contributed by atoms with van der Waals surface area (Å²) >= 11 is 0. The molecule has 3 rings (SSSR count). The van der Waals surface area contributed by atoms with Crippen LogP contribution in [0.4, 0.5) is 0 Å². The van der Waals surface area contributed by atoms with Gasteiger partial charge in [0.2, 0.25) is 0 Å². The second-order valence-corrected chi connectivity index (χ2v) is 5.38. The van der Waals surface area contributed by atoms with Gasteiger partial charge in [0.15, 0.2) is 5.82 Å². The molecule has 0 bridgehead atoms. The van der Waals surface area contributed by atoms with Gasteiger partial charge in [-0.05, 0) is 44.7 Å². The number of aromatic nitrogens is 2. The third kappa shape index (κ3) is 2.03. The molecule has 1 radical (unpaired) electrons. The summed E-state index contributed by atoms with van der Waals surface area (Å²) in [4.78, 5) is 17.8. The lowest BCUT2D eigenvalue weighted by molar-refractivity contribution is 0.0950. The van der Waals surface area contributed by atoms with E-state index in [0.717, 1.165) is 13.0 Å². The number of likely N-dealkylation sites (tertiary alicyclic amines) is 1. The summed E-state index contributed by atoms with van der Waals surface area (Å²) in [6.07, 6.45) is 9.50. The van der Waals surface area contributed by atoms with Crippen molar-refractivity contribution in [1.29, 1.82) is 0 Å². The van der Waals surface area contributed by atoms with E-state index in [2.05, 4.69) is 16.1 Å². The maximum Gasteiger partial charge on any atom is 0.284 e. The van der Waals surface area contributed by atoms with Crippen LogP contribution in [0.1, 0.15) is 42.3 Å². The minimum atomic E-state index is -0.455. The van der Waals surface area contributed by atoms with Crippen LogP contribution in [0.25, 0.3) is 0 Å². The number of nitrogens with zero attached hydrogens (tertiary/aromatic N) is 3. The number of amides is 1. The zero-order chi connectivity index (χ0) is 12.5. The Kier molecular flexibility index (Phi) is 3.07. The molecule has 0 spiro atoms. The fourth-order valence-electron chi connectivity index (χ4n) is 3.13. The highest BCUT2D eigenvalue weighted by atomic mass is 16.1. The average molecular weight is 247 g/mol. The van der Waals surface area contributed by atoms with E-state index in [4.69, 9.17) is 5.73 Å². The van der Waals surface area contributed by atoms with Crippen LogP contribution in [0, 0.1) is 12.1 Å². The first-order valence-corrected chi connectivity index (χ1v) is 6.73. The van der Waals surface area contributed by atoms with Crippen molar-refractivity contribution in [2.45, 2.75) is 31.7 Å². The number of carbonyl (C=O) groups excluding carboxylic acids is 1. The van der Waals surface area contributed by atoms with Crippen molar-refractivity contribution < 1.29 is 4.79 Å². The van der Waals surface area contributed by atoms with Gasteiger partial charge < -0.3 is 15.2 Å². The SMILES string of the molecule is NC(=O)c1n[c]cn1C1CCC1CN1CCCC1. The number of imidazole rings is 1. The number of primary amides is 1. The Bertz CT molecular complexity index is 436. The third-order valence-corrected chi connectivity index (χ3v) is 4.26. The van der Waals surface area contributed by atoms with Crippen molar-refractivity contribution in [3.05, 3.63) is 18.2 Å². The maximum absolute atomic E-state index is 11.3. The van der Waals surface area contributed by atoms with Crippen molar-refractivity contribution in [3.63, 3.8) is 0 Å². The molecular formula is C13H19N4O. The fraction of sp³-hybridized carbons (Fsp3) is 0.692.